The third-order valence-corrected chi connectivity index (χ3v) is 6.35. The van der Waals surface area contributed by atoms with E-state index in [9.17, 15) is 9.18 Å². The first-order valence-electron chi connectivity index (χ1n) is 11.2. The fraction of sp³-hybridized carbons (Fsp3) is 0.240. The number of rotatable bonds is 8. The molecule has 2 N–H and O–H groups in total. The molecule has 1 unspecified atom stereocenters. The number of urea groups is 1. The Hall–Kier alpha value is -3.65. The summed E-state index contributed by atoms with van der Waals surface area (Å²) in [4.78, 5) is 26.6. The molecule has 3 heterocycles. The van der Waals surface area contributed by atoms with Crippen molar-refractivity contribution in [3.63, 3.8) is 0 Å². The zero-order chi connectivity index (χ0) is 23.5. The summed E-state index contributed by atoms with van der Waals surface area (Å²) in [5, 5.41) is 4.11. The number of nitrogens with zero attached hydrogens (tertiary/aromatic N) is 4. The summed E-state index contributed by atoms with van der Waals surface area (Å²) in [6, 6.07) is 12.0. The molecule has 5 rings (SSSR count). The molecule has 2 aromatic heterocycles. The summed E-state index contributed by atoms with van der Waals surface area (Å²) in [6.45, 7) is 1.70. The third-order valence-electron chi connectivity index (χ3n) is 6.04. The SMILES string of the molecule is O=C1NC(=NCCc2c[nH]c3ccccc23)C(c2ccc(Cl)c(F)c2)N1CCCn1ccnc1. The number of fused-ring (bicyclic) bond motifs is 1. The number of amidine groups is 1. The second-order valence-corrected chi connectivity index (χ2v) is 8.64. The van der Waals surface area contributed by atoms with Gasteiger partial charge in [-0.15, -0.1) is 0 Å². The Morgan fingerprint density at radius 3 is 2.88 bits per heavy atom. The Morgan fingerprint density at radius 1 is 1.18 bits per heavy atom. The largest absolute Gasteiger partial charge is 0.361 e. The minimum absolute atomic E-state index is 0.0468. The standard InChI is InChI=1S/C25H24ClFN6O/c26-20-7-6-17(14-21(20)27)23-24(29-9-8-18-15-30-22-5-2-1-4-19(18)22)31-25(34)33(23)12-3-11-32-13-10-28-16-32/h1-2,4-7,10,13-16,23,30H,3,8-9,11-12H2,(H,29,31,34). The Balaban J connectivity index is 1.36. The molecule has 4 aromatic rings. The van der Waals surface area contributed by atoms with Crippen LogP contribution in [0.2, 0.25) is 5.02 Å². The number of carbonyl (C=O) groups excluding carboxylic acids is 1. The van der Waals surface area contributed by atoms with Gasteiger partial charge in [0.25, 0.3) is 0 Å². The van der Waals surface area contributed by atoms with Crippen molar-refractivity contribution < 1.29 is 9.18 Å². The van der Waals surface area contributed by atoms with E-state index in [4.69, 9.17) is 16.6 Å². The van der Waals surface area contributed by atoms with Crippen LogP contribution < -0.4 is 5.32 Å². The summed E-state index contributed by atoms with van der Waals surface area (Å²) in [5.74, 6) is 0.00391. The number of amides is 2. The van der Waals surface area contributed by atoms with Gasteiger partial charge in [-0.25, -0.2) is 14.2 Å². The molecule has 9 heteroatoms. The first kappa shape index (κ1) is 22.2. The van der Waals surface area contributed by atoms with Crippen molar-refractivity contribution in [2.75, 3.05) is 13.1 Å². The average Bonchev–Trinajstić information content (AvgIpc) is 3.56. The van der Waals surface area contributed by atoms with Gasteiger partial charge >= 0.3 is 6.03 Å². The molecule has 0 bridgehead atoms. The number of aromatic nitrogens is 3. The molecule has 1 aliphatic heterocycles. The van der Waals surface area contributed by atoms with Crippen molar-refractivity contribution in [2.45, 2.75) is 25.4 Å². The van der Waals surface area contributed by atoms with E-state index >= 15 is 0 Å². The normalized spacial score (nSPS) is 17.1. The van der Waals surface area contributed by atoms with Gasteiger partial charge in [-0.3, -0.25) is 10.3 Å². The van der Waals surface area contributed by atoms with Crippen LogP contribution in [0.25, 0.3) is 10.9 Å². The van der Waals surface area contributed by atoms with Gasteiger partial charge < -0.3 is 14.5 Å². The molecule has 174 valence electrons. The predicted octanol–water partition coefficient (Wildman–Crippen LogP) is 4.95. The van der Waals surface area contributed by atoms with Gasteiger partial charge in [0.1, 0.15) is 17.7 Å². The average molecular weight is 479 g/mol. The lowest BCUT2D eigenvalue weighted by atomic mass is 10.0. The van der Waals surface area contributed by atoms with Crippen molar-refractivity contribution in [1.82, 2.24) is 24.8 Å². The number of aliphatic imine (C=N–C) groups is 1. The maximum atomic E-state index is 14.3. The van der Waals surface area contributed by atoms with Crippen LogP contribution in [-0.2, 0) is 13.0 Å². The smallest absolute Gasteiger partial charge is 0.323 e. The number of aromatic amines is 1. The molecule has 7 nitrogen and oxygen atoms in total. The summed E-state index contributed by atoms with van der Waals surface area (Å²) < 4.78 is 16.3. The Bertz CT molecular complexity index is 1330. The summed E-state index contributed by atoms with van der Waals surface area (Å²) in [7, 11) is 0. The lowest BCUT2D eigenvalue weighted by Gasteiger charge is -2.23. The van der Waals surface area contributed by atoms with Crippen molar-refractivity contribution in [2.24, 2.45) is 4.99 Å². The molecule has 0 saturated carbocycles. The second-order valence-electron chi connectivity index (χ2n) is 8.23. The maximum absolute atomic E-state index is 14.3. The first-order chi connectivity index (χ1) is 16.6. The summed E-state index contributed by atoms with van der Waals surface area (Å²) >= 11 is 5.90. The van der Waals surface area contributed by atoms with E-state index in [1.807, 2.05) is 35.2 Å². The van der Waals surface area contributed by atoms with E-state index < -0.39 is 11.9 Å². The molecule has 2 aromatic carbocycles. The molecule has 0 spiro atoms. The molecule has 1 saturated heterocycles. The number of hydrogen-bond donors (Lipinski definition) is 2. The summed E-state index contributed by atoms with van der Waals surface area (Å²) in [5.41, 5.74) is 2.88. The second kappa shape index (κ2) is 9.69. The van der Waals surface area contributed by atoms with Crippen LogP contribution >= 0.6 is 11.6 Å². The van der Waals surface area contributed by atoms with Crippen molar-refractivity contribution in [1.29, 1.82) is 0 Å². The first-order valence-corrected chi connectivity index (χ1v) is 11.6. The fourth-order valence-electron chi connectivity index (χ4n) is 4.37. The molecule has 34 heavy (non-hydrogen) atoms. The van der Waals surface area contributed by atoms with Crippen molar-refractivity contribution >= 4 is 34.4 Å². The highest BCUT2D eigenvalue weighted by Gasteiger charge is 2.37. The van der Waals surface area contributed by atoms with Gasteiger partial charge in [-0.05, 0) is 42.2 Å². The number of imidazole rings is 1. The van der Waals surface area contributed by atoms with E-state index in [1.165, 1.54) is 12.1 Å². The number of para-hydroxylation sites is 1. The van der Waals surface area contributed by atoms with Crippen LogP contribution in [0.3, 0.4) is 0 Å². The maximum Gasteiger partial charge on any atom is 0.323 e. The van der Waals surface area contributed by atoms with Gasteiger partial charge in [0.05, 0.1) is 11.3 Å². The topological polar surface area (TPSA) is 78.3 Å². The number of aryl methyl sites for hydroxylation is 1. The summed E-state index contributed by atoms with van der Waals surface area (Å²) in [6.07, 6.45) is 8.78. The van der Waals surface area contributed by atoms with Gasteiger partial charge in [-0.2, -0.15) is 0 Å². The number of hydrogen-bond acceptors (Lipinski definition) is 3. The third kappa shape index (κ3) is 4.54. The van der Waals surface area contributed by atoms with Crippen LogP contribution in [0, 0.1) is 5.82 Å². The predicted molar refractivity (Wildman–Crippen MR) is 131 cm³/mol. The van der Waals surface area contributed by atoms with Gasteiger partial charge in [0.15, 0.2) is 0 Å². The van der Waals surface area contributed by atoms with Crippen molar-refractivity contribution in [3.05, 3.63) is 89.3 Å². The van der Waals surface area contributed by atoms with Crippen LogP contribution in [0.5, 0.6) is 0 Å². The monoisotopic (exact) mass is 478 g/mol. The van der Waals surface area contributed by atoms with E-state index in [-0.39, 0.29) is 11.1 Å². The van der Waals surface area contributed by atoms with Crippen LogP contribution in [0.1, 0.15) is 23.6 Å². The quantitative estimate of drug-likeness (QED) is 0.375. The lowest BCUT2D eigenvalue weighted by molar-refractivity contribution is 0.204. The van der Waals surface area contributed by atoms with Gasteiger partial charge in [0.2, 0.25) is 0 Å². The lowest BCUT2D eigenvalue weighted by Crippen LogP contribution is -2.31. The Labute approximate surface area is 201 Å². The van der Waals surface area contributed by atoms with Gasteiger partial charge in [0, 0.05) is 49.1 Å². The number of benzene rings is 2. The van der Waals surface area contributed by atoms with Gasteiger partial charge in [-0.1, -0.05) is 35.9 Å². The molecular formula is C25H24ClFN6O. The molecular weight excluding hydrogens is 455 g/mol. The van der Waals surface area contributed by atoms with E-state index in [2.05, 4.69) is 21.4 Å². The minimum atomic E-state index is -0.518. The molecule has 2 amide bonds. The van der Waals surface area contributed by atoms with E-state index in [0.29, 0.717) is 30.9 Å². The number of halogens is 2. The highest BCUT2D eigenvalue weighted by Crippen LogP contribution is 2.29. The van der Waals surface area contributed by atoms with E-state index in [0.717, 1.165) is 29.4 Å². The van der Waals surface area contributed by atoms with E-state index in [1.54, 1.807) is 23.5 Å². The zero-order valence-corrected chi connectivity index (χ0v) is 19.2. The number of H-pyrrole nitrogens is 1. The fourth-order valence-corrected chi connectivity index (χ4v) is 4.49. The Kier molecular flexibility index (Phi) is 6.31. The van der Waals surface area contributed by atoms with Crippen molar-refractivity contribution in [3.8, 4) is 0 Å². The van der Waals surface area contributed by atoms with Crippen LogP contribution in [0.4, 0.5) is 9.18 Å². The number of nitrogens with one attached hydrogen (secondary N) is 2. The molecule has 0 aliphatic carbocycles. The minimum Gasteiger partial charge on any atom is -0.361 e. The number of carbonyl (C=O) groups is 1. The molecule has 1 atom stereocenters. The molecule has 0 radical (unpaired) electrons. The van der Waals surface area contributed by atoms with Crippen LogP contribution in [0.15, 0.2) is 72.4 Å². The van der Waals surface area contributed by atoms with Crippen LogP contribution in [-0.4, -0.2) is 44.4 Å². The Morgan fingerprint density at radius 2 is 2.06 bits per heavy atom. The highest BCUT2D eigenvalue weighted by molar-refractivity contribution is 6.30. The zero-order valence-electron chi connectivity index (χ0n) is 18.4. The highest BCUT2D eigenvalue weighted by atomic mass is 35.5. The molecule has 1 fully saturated rings. The molecule has 1 aliphatic rings.